The van der Waals surface area contributed by atoms with Gasteiger partial charge in [0.15, 0.2) is 5.58 Å². The fourth-order valence-electron chi connectivity index (χ4n) is 4.91. The van der Waals surface area contributed by atoms with Crippen LogP contribution >= 0.6 is 0 Å². The van der Waals surface area contributed by atoms with Crippen LogP contribution in [0.25, 0.3) is 33.7 Å². The lowest BCUT2D eigenvalue weighted by Gasteiger charge is -2.16. The Labute approximate surface area is 217 Å². The first-order valence-electron chi connectivity index (χ1n) is 13.1. The minimum atomic E-state index is -0.178. The van der Waals surface area contributed by atoms with Crippen LogP contribution in [0.15, 0.2) is 65.1 Å². The number of likely N-dealkylation sites (tertiary alicyclic amines) is 1. The van der Waals surface area contributed by atoms with Gasteiger partial charge in [-0.15, -0.1) is 0 Å². The Kier molecular flexibility index (Phi) is 8.16. The maximum Gasteiger partial charge on any atom is 0.227 e. The topological polar surface area (TPSA) is 91.0 Å². The average Bonchev–Trinajstić information content (AvgIpc) is 3.53. The second-order valence-corrected chi connectivity index (χ2v) is 9.68. The molecule has 1 aliphatic rings. The van der Waals surface area contributed by atoms with E-state index in [0.29, 0.717) is 25.6 Å². The van der Waals surface area contributed by atoms with Gasteiger partial charge in [0.2, 0.25) is 5.89 Å². The number of aliphatic hydroxyl groups is 2. The number of rotatable bonds is 11. The molecule has 0 spiro atoms. The number of aromatic nitrogens is 1. The molecule has 0 unspecified atom stereocenters. The lowest BCUT2D eigenvalue weighted by Crippen LogP contribution is -2.24. The first-order chi connectivity index (χ1) is 18.1. The summed E-state index contributed by atoms with van der Waals surface area (Å²) in [5.74, 6) is 1.49. The Balaban J connectivity index is 1.29. The molecule has 7 heteroatoms. The molecule has 1 saturated heterocycles. The van der Waals surface area contributed by atoms with E-state index in [0.717, 1.165) is 77.1 Å². The van der Waals surface area contributed by atoms with Gasteiger partial charge in [-0.25, -0.2) is 4.98 Å². The van der Waals surface area contributed by atoms with Gasteiger partial charge in [0.1, 0.15) is 11.3 Å². The average molecular weight is 502 g/mol. The van der Waals surface area contributed by atoms with Gasteiger partial charge >= 0.3 is 0 Å². The molecule has 194 valence electrons. The van der Waals surface area contributed by atoms with Crippen LogP contribution in [0.4, 0.5) is 0 Å². The second kappa shape index (κ2) is 11.9. The largest absolute Gasteiger partial charge is 0.493 e. The van der Waals surface area contributed by atoms with E-state index in [1.807, 2.05) is 42.5 Å². The number of fused-ring (bicyclic) bond motifs is 1. The van der Waals surface area contributed by atoms with Gasteiger partial charge < -0.3 is 29.6 Å². The summed E-state index contributed by atoms with van der Waals surface area (Å²) in [6.45, 7) is 6.78. The van der Waals surface area contributed by atoms with Crippen LogP contribution in [0.5, 0.6) is 5.75 Å². The molecular weight excluding hydrogens is 466 g/mol. The van der Waals surface area contributed by atoms with Crippen LogP contribution in [0, 0.1) is 6.92 Å². The summed E-state index contributed by atoms with van der Waals surface area (Å²) in [5, 5.41) is 21.9. The zero-order chi connectivity index (χ0) is 25.6. The Morgan fingerprint density at radius 2 is 2.00 bits per heavy atom. The highest BCUT2D eigenvalue weighted by atomic mass is 16.5. The van der Waals surface area contributed by atoms with Gasteiger partial charge in [-0.3, -0.25) is 0 Å². The lowest BCUT2D eigenvalue weighted by molar-refractivity contribution is 0.173. The third-order valence-electron chi connectivity index (χ3n) is 6.90. The van der Waals surface area contributed by atoms with Crippen molar-refractivity contribution in [3.05, 3.63) is 71.8 Å². The number of nitrogens with one attached hydrogen (secondary N) is 1. The molecule has 3 N–H and O–H groups in total. The van der Waals surface area contributed by atoms with Crippen molar-refractivity contribution in [2.45, 2.75) is 32.4 Å². The second-order valence-electron chi connectivity index (χ2n) is 9.68. The standard InChI is InChI=1S/C30H35N3O4/c1-21-26(7-3-8-28(21)36-16-4-13-33-14-11-25(35)20-33)23-9-10-27-29(18-23)37-30(32-27)24-6-2-5-22(17-24)19-31-12-15-34/h2-3,5-10,17-18,25,31,34-35H,4,11-16,19-20H2,1H3/t25-/m1/s1. The Hall–Kier alpha value is -3.23. The number of ether oxygens (including phenoxy) is 1. The van der Waals surface area contributed by atoms with E-state index in [1.54, 1.807) is 0 Å². The van der Waals surface area contributed by atoms with Crippen molar-refractivity contribution >= 4 is 11.1 Å². The number of aliphatic hydroxyl groups excluding tert-OH is 2. The normalized spacial score (nSPS) is 16.0. The van der Waals surface area contributed by atoms with E-state index in [2.05, 4.69) is 35.3 Å². The first kappa shape index (κ1) is 25.4. The third-order valence-corrected chi connectivity index (χ3v) is 6.90. The molecule has 3 aromatic carbocycles. The quantitative estimate of drug-likeness (QED) is 0.263. The molecule has 4 aromatic rings. The van der Waals surface area contributed by atoms with Crippen LogP contribution in [0.2, 0.25) is 0 Å². The lowest BCUT2D eigenvalue weighted by atomic mass is 9.99. The predicted octanol–water partition coefficient (Wildman–Crippen LogP) is 4.39. The summed E-state index contributed by atoms with van der Waals surface area (Å²) < 4.78 is 12.3. The first-order valence-corrected chi connectivity index (χ1v) is 13.1. The highest BCUT2D eigenvalue weighted by Gasteiger charge is 2.19. The van der Waals surface area contributed by atoms with Crippen molar-refractivity contribution in [3.8, 4) is 28.3 Å². The van der Waals surface area contributed by atoms with Crippen LogP contribution in [-0.4, -0.2) is 65.6 Å². The summed E-state index contributed by atoms with van der Waals surface area (Å²) in [7, 11) is 0. The monoisotopic (exact) mass is 501 g/mol. The Morgan fingerprint density at radius 1 is 1.11 bits per heavy atom. The number of hydrogen-bond acceptors (Lipinski definition) is 7. The van der Waals surface area contributed by atoms with E-state index in [1.165, 1.54) is 0 Å². The van der Waals surface area contributed by atoms with E-state index in [9.17, 15) is 5.11 Å². The minimum Gasteiger partial charge on any atom is -0.493 e. The van der Waals surface area contributed by atoms with E-state index >= 15 is 0 Å². The molecule has 1 aliphatic heterocycles. The summed E-state index contributed by atoms with van der Waals surface area (Å²) in [6, 6.07) is 20.4. The third kappa shape index (κ3) is 6.19. The summed E-state index contributed by atoms with van der Waals surface area (Å²) in [4.78, 5) is 7.01. The molecule has 1 aromatic heterocycles. The molecule has 0 aliphatic carbocycles. The molecule has 37 heavy (non-hydrogen) atoms. The van der Waals surface area contributed by atoms with Gasteiger partial charge in [0, 0.05) is 38.3 Å². The molecule has 7 nitrogen and oxygen atoms in total. The van der Waals surface area contributed by atoms with Crippen molar-refractivity contribution in [2.24, 2.45) is 0 Å². The summed E-state index contributed by atoms with van der Waals surface area (Å²) in [5.41, 5.74) is 6.87. The summed E-state index contributed by atoms with van der Waals surface area (Å²) in [6.07, 6.45) is 1.62. The van der Waals surface area contributed by atoms with Crippen LogP contribution in [-0.2, 0) is 6.54 Å². The molecule has 1 atom stereocenters. The predicted molar refractivity (Wildman–Crippen MR) is 146 cm³/mol. The number of benzene rings is 3. The molecule has 2 heterocycles. The van der Waals surface area contributed by atoms with Gasteiger partial charge in [0.25, 0.3) is 0 Å². The molecular formula is C30H35N3O4. The Morgan fingerprint density at radius 3 is 2.84 bits per heavy atom. The van der Waals surface area contributed by atoms with Gasteiger partial charge in [-0.05, 0) is 72.4 Å². The van der Waals surface area contributed by atoms with Crippen molar-refractivity contribution in [2.75, 3.05) is 39.4 Å². The fourth-order valence-corrected chi connectivity index (χ4v) is 4.91. The van der Waals surface area contributed by atoms with Crippen molar-refractivity contribution in [1.29, 1.82) is 0 Å². The van der Waals surface area contributed by atoms with E-state index in [4.69, 9.17) is 19.2 Å². The smallest absolute Gasteiger partial charge is 0.227 e. The highest BCUT2D eigenvalue weighted by molar-refractivity contribution is 5.83. The zero-order valence-electron chi connectivity index (χ0n) is 21.3. The fraction of sp³-hybridized carbons (Fsp3) is 0.367. The molecule has 0 saturated carbocycles. The molecule has 0 amide bonds. The van der Waals surface area contributed by atoms with Crippen molar-refractivity contribution in [3.63, 3.8) is 0 Å². The van der Waals surface area contributed by atoms with Crippen molar-refractivity contribution in [1.82, 2.24) is 15.2 Å². The van der Waals surface area contributed by atoms with Crippen molar-refractivity contribution < 1.29 is 19.4 Å². The van der Waals surface area contributed by atoms with Crippen LogP contribution in [0.1, 0.15) is 24.0 Å². The van der Waals surface area contributed by atoms with Crippen LogP contribution in [0.3, 0.4) is 0 Å². The van der Waals surface area contributed by atoms with E-state index in [-0.39, 0.29) is 12.7 Å². The zero-order valence-corrected chi connectivity index (χ0v) is 21.3. The number of nitrogens with zero attached hydrogens (tertiary/aromatic N) is 2. The van der Waals surface area contributed by atoms with Gasteiger partial charge in [-0.1, -0.05) is 30.3 Å². The summed E-state index contributed by atoms with van der Waals surface area (Å²) >= 11 is 0. The van der Waals surface area contributed by atoms with Gasteiger partial charge in [0.05, 0.1) is 19.3 Å². The number of β-amino-alcohol motifs (C(OH)–C–C–N with tert-alkyl or cyclic N) is 1. The SMILES string of the molecule is Cc1c(OCCCN2CC[C@@H](O)C2)cccc1-c1ccc2nc(-c3cccc(CNCCO)c3)oc2c1. The molecule has 0 radical (unpaired) electrons. The maximum atomic E-state index is 9.69. The Bertz CT molecular complexity index is 1340. The number of hydrogen-bond donors (Lipinski definition) is 3. The molecule has 5 rings (SSSR count). The number of oxazole rings is 1. The van der Waals surface area contributed by atoms with Crippen LogP contribution < -0.4 is 10.1 Å². The van der Waals surface area contributed by atoms with Gasteiger partial charge in [-0.2, -0.15) is 0 Å². The van der Waals surface area contributed by atoms with E-state index < -0.39 is 0 Å². The maximum absolute atomic E-state index is 9.69. The minimum absolute atomic E-state index is 0.117. The molecule has 1 fully saturated rings. The highest BCUT2D eigenvalue weighted by Crippen LogP contribution is 2.33. The molecule has 0 bridgehead atoms.